The summed E-state index contributed by atoms with van der Waals surface area (Å²) in [5.74, 6) is 1.70. The standard InChI is InChI=1S/C46H31NO/c1-3-11-32(12-4-1)33-19-21-34(22-20-33)35-23-26-38(27-24-35)47(37-14-5-2-6-15-37)39-28-30-41-42-29-25-36-13-7-8-16-40(36)46(42)43-17-9-10-18-44(43)48-45(41)31-39/h1-31H. The lowest BCUT2D eigenvalue weighted by atomic mass is 9.90. The largest absolute Gasteiger partial charge is 0.456 e. The second-order valence-electron chi connectivity index (χ2n) is 12.1. The van der Waals surface area contributed by atoms with E-state index in [1.54, 1.807) is 0 Å². The van der Waals surface area contributed by atoms with Crippen molar-refractivity contribution in [2.45, 2.75) is 0 Å². The average Bonchev–Trinajstić information content (AvgIpc) is 3.30. The van der Waals surface area contributed by atoms with Crippen LogP contribution < -0.4 is 9.64 Å². The molecule has 0 spiro atoms. The summed E-state index contributed by atoms with van der Waals surface area (Å²) in [5.41, 5.74) is 12.6. The van der Waals surface area contributed by atoms with E-state index in [4.69, 9.17) is 4.74 Å². The number of fused-ring (bicyclic) bond motifs is 7. The van der Waals surface area contributed by atoms with E-state index in [2.05, 4.69) is 187 Å². The molecular weight excluding hydrogens is 583 g/mol. The van der Waals surface area contributed by atoms with Gasteiger partial charge in [0.15, 0.2) is 0 Å². The number of hydrogen-bond donors (Lipinski definition) is 0. The molecule has 0 aliphatic carbocycles. The summed E-state index contributed by atoms with van der Waals surface area (Å²) >= 11 is 0. The van der Waals surface area contributed by atoms with Crippen LogP contribution in [0.5, 0.6) is 11.5 Å². The van der Waals surface area contributed by atoms with Crippen molar-refractivity contribution in [2.24, 2.45) is 0 Å². The fraction of sp³-hybridized carbons (Fsp3) is 0. The Kier molecular flexibility index (Phi) is 6.84. The van der Waals surface area contributed by atoms with Crippen molar-refractivity contribution in [3.8, 4) is 56.0 Å². The van der Waals surface area contributed by atoms with E-state index >= 15 is 0 Å². The van der Waals surface area contributed by atoms with Crippen LogP contribution in [0.25, 0.3) is 55.3 Å². The van der Waals surface area contributed by atoms with Crippen molar-refractivity contribution in [3.63, 3.8) is 0 Å². The van der Waals surface area contributed by atoms with Gasteiger partial charge < -0.3 is 9.64 Å². The van der Waals surface area contributed by atoms with Crippen LogP contribution in [0, 0.1) is 0 Å². The molecule has 1 heterocycles. The second kappa shape index (κ2) is 11.8. The minimum Gasteiger partial charge on any atom is -0.456 e. The van der Waals surface area contributed by atoms with Crippen LogP contribution in [0.4, 0.5) is 17.1 Å². The Bertz CT molecular complexity index is 2400. The monoisotopic (exact) mass is 613 g/mol. The fourth-order valence-corrected chi connectivity index (χ4v) is 6.94. The van der Waals surface area contributed by atoms with Crippen LogP contribution in [0.1, 0.15) is 0 Å². The highest BCUT2D eigenvalue weighted by Crippen LogP contribution is 2.50. The van der Waals surface area contributed by atoms with Crippen LogP contribution in [0.2, 0.25) is 0 Å². The quantitative estimate of drug-likeness (QED) is 0.191. The van der Waals surface area contributed by atoms with Gasteiger partial charge in [-0.15, -0.1) is 0 Å². The molecule has 0 aromatic heterocycles. The fourth-order valence-electron chi connectivity index (χ4n) is 6.94. The highest BCUT2D eigenvalue weighted by Gasteiger charge is 2.24. The Labute approximate surface area is 280 Å². The molecule has 0 radical (unpaired) electrons. The summed E-state index contributed by atoms with van der Waals surface area (Å²) in [5, 5.41) is 2.45. The second-order valence-corrected chi connectivity index (χ2v) is 12.1. The Hall–Kier alpha value is -6.38. The molecule has 0 saturated carbocycles. The maximum absolute atomic E-state index is 6.79. The van der Waals surface area contributed by atoms with Crippen molar-refractivity contribution in [1.29, 1.82) is 0 Å². The van der Waals surface area contributed by atoms with Gasteiger partial charge in [-0.1, -0.05) is 140 Å². The summed E-state index contributed by atoms with van der Waals surface area (Å²) < 4.78 is 6.79. The molecule has 0 fully saturated rings. The van der Waals surface area contributed by atoms with Gasteiger partial charge in [0, 0.05) is 39.8 Å². The first-order chi connectivity index (χ1) is 23.8. The number of rotatable bonds is 5. The summed E-state index contributed by atoms with van der Waals surface area (Å²) in [7, 11) is 0. The van der Waals surface area contributed by atoms with Gasteiger partial charge in [0.2, 0.25) is 0 Å². The van der Waals surface area contributed by atoms with E-state index in [-0.39, 0.29) is 0 Å². The van der Waals surface area contributed by atoms with Gasteiger partial charge in [0.1, 0.15) is 11.5 Å². The molecule has 8 aromatic rings. The molecule has 48 heavy (non-hydrogen) atoms. The third kappa shape index (κ3) is 4.92. The molecule has 0 saturated heterocycles. The molecule has 226 valence electrons. The van der Waals surface area contributed by atoms with Gasteiger partial charge in [-0.05, 0) is 81.1 Å². The summed E-state index contributed by atoms with van der Waals surface area (Å²) in [6.07, 6.45) is 0. The van der Waals surface area contributed by atoms with Crippen molar-refractivity contribution in [3.05, 3.63) is 188 Å². The molecule has 0 bridgehead atoms. The molecule has 2 heteroatoms. The van der Waals surface area contributed by atoms with E-state index in [9.17, 15) is 0 Å². The minimum absolute atomic E-state index is 0.838. The van der Waals surface area contributed by atoms with E-state index < -0.39 is 0 Å². The van der Waals surface area contributed by atoms with Gasteiger partial charge in [0.25, 0.3) is 0 Å². The highest BCUT2D eigenvalue weighted by atomic mass is 16.5. The Morgan fingerprint density at radius 1 is 0.333 bits per heavy atom. The summed E-state index contributed by atoms with van der Waals surface area (Å²) in [4.78, 5) is 2.30. The zero-order valence-electron chi connectivity index (χ0n) is 26.3. The third-order valence-corrected chi connectivity index (χ3v) is 9.28. The van der Waals surface area contributed by atoms with Crippen LogP contribution >= 0.6 is 0 Å². The van der Waals surface area contributed by atoms with Crippen LogP contribution in [0.15, 0.2) is 188 Å². The molecule has 0 N–H and O–H groups in total. The topological polar surface area (TPSA) is 12.5 Å². The molecule has 0 amide bonds. The first-order valence-electron chi connectivity index (χ1n) is 16.3. The van der Waals surface area contributed by atoms with Crippen molar-refractivity contribution in [1.82, 2.24) is 0 Å². The lowest BCUT2D eigenvalue weighted by Gasteiger charge is -2.26. The smallest absolute Gasteiger partial charge is 0.137 e. The first kappa shape index (κ1) is 27.9. The Balaban J connectivity index is 1.13. The van der Waals surface area contributed by atoms with Crippen LogP contribution in [-0.4, -0.2) is 0 Å². The molecule has 2 nitrogen and oxygen atoms in total. The van der Waals surface area contributed by atoms with Gasteiger partial charge in [-0.25, -0.2) is 0 Å². The van der Waals surface area contributed by atoms with Gasteiger partial charge in [-0.3, -0.25) is 0 Å². The lowest BCUT2D eigenvalue weighted by Crippen LogP contribution is -2.10. The Morgan fingerprint density at radius 2 is 0.875 bits per heavy atom. The number of anilines is 3. The van der Waals surface area contributed by atoms with E-state index in [1.165, 1.54) is 44.2 Å². The zero-order chi connectivity index (χ0) is 31.9. The van der Waals surface area contributed by atoms with E-state index in [1.807, 2.05) is 6.07 Å². The van der Waals surface area contributed by atoms with Gasteiger partial charge >= 0.3 is 0 Å². The number of benzene rings is 8. The number of hydrogen-bond acceptors (Lipinski definition) is 2. The highest BCUT2D eigenvalue weighted by molar-refractivity contribution is 6.07. The van der Waals surface area contributed by atoms with E-state index in [0.29, 0.717) is 0 Å². The molecule has 8 aromatic carbocycles. The molecule has 0 unspecified atom stereocenters. The SMILES string of the molecule is c1ccc(-c2ccc(-c3ccc(N(c4ccccc4)c4ccc5c(c4)Oc4ccccc4-c4c-5ccc5ccccc45)cc3)cc2)cc1. The predicted octanol–water partition coefficient (Wildman–Crippen LogP) is 13.1. The summed E-state index contributed by atoms with van der Waals surface area (Å²) in [6, 6.07) is 66.7. The Morgan fingerprint density at radius 3 is 1.62 bits per heavy atom. The maximum atomic E-state index is 6.79. The van der Waals surface area contributed by atoms with Gasteiger partial charge in [0.05, 0.1) is 0 Å². The normalized spacial score (nSPS) is 11.5. The lowest BCUT2D eigenvalue weighted by molar-refractivity contribution is 0.488. The average molecular weight is 614 g/mol. The van der Waals surface area contributed by atoms with Crippen molar-refractivity contribution in [2.75, 3.05) is 4.90 Å². The summed E-state index contributed by atoms with van der Waals surface area (Å²) in [6.45, 7) is 0. The van der Waals surface area contributed by atoms with Crippen molar-refractivity contribution < 1.29 is 4.74 Å². The predicted molar refractivity (Wildman–Crippen MR) is 200 cm³/mol. The van der Waals surface area contributed by atoms with Crippen molar-refractivity contribution >= 4 is 27.8 Å². The zero-order valence-corrected chi connectivity index (χ0v) is 26.3. The number of ether oxygens (including phenoxy) is 1. The molecule has 1 aliphatic heterocycles. The maximum Gasteiger partial charge on any atom is 0.137 e. The number of nitrogens with zero attached hydrogens (tertiary/aromatic N) is 1. The van der Waals surface area contributed by atoms with Crippen LogP contribution in [0.3, 0.4) is 0 Å². The third-order valence-electron chi connectivity index (χ3n) is 9.28. The van der Waals surface area contributed by atoms with Gasteiger partial charge in [-0.2, -0.15) is 0 Å². The minimum atomic E-state index is 0.838. The molecule has 1 aliphatic rings. The number of para-hydroxylation sites is 2. The first-order valence-corrected chi connectivity index (χ1v) is 16.3. The molecule has 0 atom stereocenters. The molecule has 9 rings (SSSR count). The van der Waals surface area contributed by atoms with Crippen LogP contribution in [-0.2, 0) is 0 Å². The van der Waals surface area contributed by atoms with E-state index in [0.717, 1.165) is 39.7 Å². The molecular formula is C46H31NO.